The van der Waals surface area contributed by atoms with E-state index in [0.717, 1.165) is 25.5 Å². The van der Waals surface area contributed by atoms with Gasteiger partial charge in [0, 0.05) is 51.6 Å². The number of benzene rings is 1. The van der Waals surface area contributed by atoms with Gasteiger partial charge in [-0.3, -0.25) is 9.59 Å². The van der Waals surface area contributed by atoms with E-state index in [-0.39, 0.29) is 17.9 Å². The van der Waals surface area contributed by atoms with Crippen LogP contribution in [0.2, 0.25) is 0 Å². The molecule has 2 amide bonds. The Bertz CT molecular complexity index is 913. The highest BCUT2D eigenvalue weighted by atomic mass is 16.2. The number of aryl methyl sites for hydroxylation is 1. The van der Waals surface area contributed by atoms with Gasteiger partial charge in [-0.15, -0.1) is 0 Å². The summed E-state index contributed by atoms with van der Waals surface area (Å²) in [5.74, 6) is 1.42. The lowest BCUT2D eigenvalue weighted by atomic mass is 9.87. The number of hydrogen-bond donors (Lipinski definition) is 1. The molecule has 1 N–H and O–H groups in total. The van der Waals surface area contributed by atoms with Crippen molar-refractivity contribution in [1.29, 1.82) is 0 Å². The molecule has 0 saturated carbocycles. The van der Waals surface area contributed by atoms with Gasteiger partial charge in [0.2, 0.25) is 5.91 Å². The SMILES string of the molecule is CNC(=O)c1cccnc1N1C[C@@H]2CN(C(C)=O)[C@@H](c3ccccc3C)[C@@H]2C1. The summed E-state index contributed by atoms with van der Waals surface area (Å²) >= 11 is 0. The van der Waals surface area contributed by atoms with Gasteiger partial charge >= 0.3 is 0 Å². The molecule has 4 rings (SSSR count). The summed E-state index contributed by atoms with van der Waals surface area (Å²) in [7, 11) is 1.64. The van der Waals surface area contributed by atoms with Gasteiger partial charge in [0.05, 0.1) is 11.6 Å². The molecule has 3 atom stereocenters. The maximum absolute atomic E-state index is 12.4. The number of likely N-dealkylation sites (tertiary alicyclic amines) is 1. The highest BCUT2D eigenvalue weighted by Crippen LogP contribution is 2.46. The van der Waals surface area contributed by atoms with E-state index >= 15 is 0 Å². The predicted octanol–water partition coefficient (Wildman–Crippen LogP) is 2.41. The van der Waals surface area contributed by atoms with Crippen LogP contribution in [0.15, 0.2) is 42.6 Å². The van der Waals surface area contributed by atoms with Gasteiger partial charge in [0.15, 0.2) is 0 Å². The van der Waals surface area contributed by atoms with Crippen LogP contribution in [0, 0.1) is 18.8 Å². The number of carbonyl (C=O) groups excluding carboxylic acids is 2. The molecule has 0 aliphatic carbocycles. The maximum atomic E-state index is 12.4. The molecular weight excluding hydrogens is 352 g/mol. The van der Waals surface area contributed by atoms with Crippen LogP contribution < -0.4 is 10.2 Å². The zero-order chi connectivity index (χ0) is 19.8. The molecule has 28 heavy (non-hydrogen) atoms. The Balaban J connectivity index is 1.67. The fraction of sp³-hybridized carbons (Fsp3) is 0.409. The summed E-state index contributed by atoms with van der Waals surface area (Å²) < 4.78 is 0. The zero-order valence-electron chi connectivity index (χ0n) is 16.6. The second-order valence-electron chi connectivity index (χ2n) is 7.76. The minimum atomic E-state index is -0.124. The Labute approximate surface area is 165 Å². The molecule has 1 aromatic carbocycles. The van der Waals surface area contributed by atoms with Crippen molar-refractivity contribution >= 4 is 17.6 Å². The Kier molecular flexibility index (Phi) is 4.79. The standard InChI is InChI=1S/C22H26N4O2/c1-14-7-4-5-8-17(14)20-19-13-25(11-16(19)12-26(20)15(2)27)21-18(22(28)23-3)9-6-10-24-21/h4-10,16,19-20H,11-13H2,1-3H3,(H,23,28)/t16-,19-,20+/m1/s1. The van der Waals surface area contributed by atoms with Gasteiger partial charge in [-0.2, -0.15) is 0 Å². The first-order valence-electron chi connectivity index (χ1n) is 9.76. The van der Waals surface area contributed by atoms with E-state index in [1.807, 2.05) is 23.1 Å². The van der Waals surface area contributed by atoms with Crippen molar-refractivity contribution in [1.82, 2.24) is 15.2 Å². The van der Waals surface area contributed by atoms with Crippen LogP contribution in [0.4, 0.5) is 5.82 Å². The first-order chi connectivity index (χ1) is 13.5. The minimum absolute atomic E-state index is 0.0702. The van der Waals surface area contributed by atoms with Crippen LogP contribution in [-0.2, 0) is 4.79 Å². The highest BCUT2D eigenvalue weighted by molar-refractivity contribution is 5.98. The average Bonchev–Trinajstić information content (AvgIpc) is 3.26. The quantitative estimate of drug-likeness (QED) is 0.891. The monoisotopic (exact) mass is 378 g/mol. The van der Waals surface area contributed by atoms with Crippen LogP contribution in [0.1, 0.15) is 34.5 Å². The average molecular weight is 378 g/mol. The van der Waals surface area contributed by atoms with Crippen LogP contribution in [0.3, 0.4) is 0 Å². The topological polar surface area (TPSA) is 65.5 Å². The lowest BCUT2D eigenvalue weighted by molar-refractivity contribution is -0.130. The molecule has 6 heteroatoms. The van der Waals surface area contributed by atoms with E-state index in [9.17, 15) is 9.59 Å². The number of nitrogens with zero attached hydrogens (tertiary/aromatic N) is 3. The van der Waals surface area contributed by atoms with E-state index in [0.29, 0.717) is 17.4 Å². The number of aromatic nitrogens is 1. The third-order valence-electron chi connectivity index (χ3n) is 6.13. The summed E-state index contributed by atoms with van der Waals surface area (Å²) in [6.07, 6.45) is 1.73. The zero-order valence-corrected chi connectivity index (χ0v) is 16.6. The maximum Gasteiger partial charge on any atom is 0.254 e. The summed E-state index contributed by atoms with van der Waals surface area (Å²) in [6.45, 7) is 6.10. The van der Waals surface area contributed by atoms with Crippen molar-refractivity contribution in [3.63, 3.8) is 0 Å². The Morgan fingerprint density at radius 1 is 1.11 bits per heavy atom. The number of carbonyl (C=O) groups is 2. The first kappa shape index (κ1) is 18.5. The summed E-state index contributed by atoms with van der Waals surface area (Å²) in [5, 5.41) is 2.70. The Morgan fingerprint density at radius 2 is 1.89 bits per heavy atom. The number of hydrogen-bond acceptors (Lipinski definition) is 4. The lowest BCUT2D eigenvalue weighted by Gasteiger charge is -2.30. The van der Waals surface area contributed by atoms with Crippen LogP contribution in [-0.4, -0.2) is 48.4 Å². The molecule has 2 fully saturated rings. The second-order valence-corrected chi connectivity index (χ2v) is 7.76. The second kappa shape index (κ2) is 7.26. The third-order valence-corrected chi connectivity index (χ3v) is 6.13. The van der Waals surface area contributed by atoms with E-state index in [4.69, 9.17) is 0 Å². The molecule has 0 bridgehead atoms. The van der Waals surface area contributed by atoms with E-state index in [2.05, 4.69) is 34.3 Å². The van der Waals surface area contributed by atoms with Crippen molar-refractivity contribution in [3.8, 4) is 0 Å². The smallest absolute Gasteiger partial charge is 0.254 e. The van der Waals surface area contributed by atoms with Crippen molar-refractivity contribution < 1.29 is 9.59 Å². The largest absolute Gasteiger partial charge is 0.355 e. The number of pyridine rings is 1. The fourth-order valence-electron chi connectivity index (χ4n) is 4.82. The van der Waals surface area contributed by atoms with Gasteiger partial charge in [-0.25, -0.2) is 4.98 Å². The number of anilines is 1. The van der Waals surface area contributed by atoms with E-state index < -0.39 is 0 Å². The molecule has 2 aliphatic rings. The van der Waals surface area contributed by atoms with E-state index in [1.54, 1.807) is 26.2 Å². The number of nitrogens with one attached hydrogen (secondary N) is 1. The number of amides is 2. The summed E-state index contributed by atoms with van der Waals surface area (Å²) in [6, 6.07) is 12.0. The van der Waals surface area contributed by atoms with Crippen LogP contribution >= 0.6 is 0 Å². The summed E-state index contributed by atoms with van der Waals surface area (Å²) in [4.78, 5) is 33.4. The highest BCUT2D eigenvalue weighted by Gasteiger charge is 2.49. The molecule has 0 spiro atoms. The third kappa shape index (κ3) is 3.03. The molecule has 2 aliphatic heterocycles. The predicted molar refractivity (Wildman–Crippen MR) is 108 cm³/mol. The molecule has 3 heterocycles. The van der Waals surface area contributed by atoms with Gasteiger partial charge in [0.25, 0.3) is 5.91 Å². The van der Waals surface area contributed by atoms with Gasteiger partial charge < -0.3 is 15.1 Å². The van der Waals surface area contributed by atoms with Crippen LogP contribution in [0.25, 0.3) is 0 Å². The fourth-order valence-corrected chi connectivity index (χ4v) is 4.82. The summed E-state index contributed by atoms with van der Waals surface area (Å²) in [5.41, 5.74) is 3.03. The van der Waals surface area contributed by atoms with Gasteiger partial charge in [-0.05, 0) is 30.2 Å². The Morgan fingerprint density at radius 3 is 2.61 bits per heavy atom. The van der Waals surface area contributed by atoms with Crippen molar-refractivity contribution in [2.45, 2.75) is 19.9 Å². The molecule has 2 saturated heterocycles. The Hall–Kier alpha value is -2.89. The minimum Gasteiger partial charge on any atom is -0.355 e. The molecule has 6 nitrogen and oxygen atoms in total. The van der Waals surface area contributed by atoms with Gasteiger partial charge in [0.1, 0.15) is 5.82 Å². The van der Waals surface area contributed by atoms with Gasteiger partial charge in [-0.1, -0.05) is 24.3 Å². The number of rotatable bonds is 3. The lowest BCUT2D eigenvalue weighted by Crippen LogP contribution is -2.35. The molecule has 0 unspecified atom stereocenters. The van der Waals surface area contributed by atoms with Crippen molar-refractivity contribution in [2.75, 3.05) is 31.6 Å². The molecule has 0 radical (unpaired) electrons. The molecule has 2 aromatic rings. The number of fused-ring (bicyclic) bond motifs is 1. The van der Waals surface area contributed by atoms with Crippen LogP contribution in [0.5, 0.6) is 0 Å². The molecule has 1 aromatic heterocycles. The van der Waals surface area contributed by atoms with Crippen molar-refractivity contribution in [3.05, 3.63) is 59.3 Å². The van der Waals surface area contributed by atoms with Crippen molar-refractivity contribution in [2.24, 2.45) is 11.8 Å². The normalized spacial score (nSPS) is 23.6. The molecule has 146 valence electrons. The molecular formula is C22H26N4O2. The first-order valence-corrected chi connectivity index (χ1v) is 9.76. The van der Waals surface area contributed by atoms with E-state index in [1.165, 1.54) is 11.1 Å².